The Bertz CT molecular complexity index is 831. The van der Waals surface area contributed by atoms with E-state index in [0.29, 0.717) is 22.5 Å². The molecule has 3 aromatic rings. The first-order valence-corrected chi connectivity index (χ1v) is 6.94. The zero-order valence-electron chi connectivity index (χ0n) is 11.7. The zero-order chi connectivity index (χ0) is 15.5. The number of anilines is 1. The lowest BCUT2D eigenvalue weighted by Crippen LogP contribution is -2.24. The van der Waals surface area contributed by atoms with Crippen LogP contribution in [0.15, 0.2) is 42.5 Å². The van der Waals surface area contributed by atoms with Crippen LogP contribution in [0.25, 0.3) is 11.0 Å². The van der Waals surface area contributed by atoms with Crippen molar-refractivity contribution >= 4 is 34.6 Å². The molecule has 2 aromatic carbocycles. The number of rotatable bonds is 3. The van der Waals surface area contributed by atoms with Gasteiger partial charge >= 0.3 is 6.03 Å². The summed E-state index contributed by atoms with van der Waals surface area (Å²) in [7, 11) is 1.54. The summed E-state index contributed by atoms with van der Waals surface area (Å²) in [6, 6.07) is 12.2. The van der Waals surface area contributed by atoms with Crippen molar-refractivity contribution in [1.29, 1.82) is 0 Å². The van der Waals surface area contributed by atoms with Gasteiger partial charge in [-0.15, -0.1) is 0 Å². The maximum Gasteiger partial charge on any atom is 0.321 e. The normalized spacial score (nSPS) is 10.5. The van der Waals surface area contributed by atoms with Gasteiger partial charge in [0.05, 0.1) is 11.0 Å². The van der Waals surface area contributed by atoms with Crippen LogP contribution in [0.5, 0.6) is 11.5 Å². The molecule has 6 nitrogen and oxygen atoms in total. The van der Waals surface area contributed by atoms with Crippen LogP contribution in [0.3, 0.4) is 0 Å². The third kappa shape index (κ3) is 3.12. The second-order valence-electron chi connectivity index (χ2n) is 4.53. The third-order valence-electron chi connectivity index (χ3n) is 2.94. The molecule has 1 aromatic heterocycles. The van der Waals surface area contributed by atoms with Crippen molar-refractivity contribution in [2.24, 2.45) is 0 Å². The number of hydrogen-bond acceptors (Lipinski definition) is 3. The number of nitrogens with one attached hydrogen (secondary N) is 3. The van der Waals surface area contributed by atoms with Crippen LogP contribution in [0.4, 0.5) is 10.7 Å². The topological polar surface area (TPSA) is 79.0 Å². The number of ether oxygens (including phenoxy) is 1. The molecule has 0 saturated carbocycles. The molecule has 0 fully saturated rings. The van der Waals surface area contributed by atoms with Crippen molar-refractivity contribution in [2.45, 2.75) is 0 Å². The van der Waals surface area contributed by atoms with E-state index >= 15 is 0 Å². The van der Waals surface area contributed by atoms with Crippen LogP contribution in [0, 0.1) is 0 Å². The number of amides is 2. The second kappa shape index (κ2) is 5.95. The molecule has 1 heterocycles. The van der Waals surface area contributed by atoms with Crippen molar-refractivity contribution in [2.75, 3.05) is 12.4 Å². The Balaban J connectivity index is 1.84. The molecule has 3 rings (SSSR count). The smallest absolute Gasteiger partial charge is 0.321 e. The molecule has 0 atom stereocenters. The maximum atomic E-state index is 11.3. The molecule has 0 unspecified atom stereocenters. The number of benzene rings is 2. The van der Waals surface area contributed by atoms with E-state index in [9.17, 15) is 4.79 Å². The summed E-state index contributed by atoms with van der Waals surface area (Å²) in [5.41, 5.74) is 1.48. The van der Waals surface area contributed by atoms with E-state index in [1.54, 1.807) is 30.3 Å². The van der Waals surface area contributed by atoms with Crippen molar-refractivity contribution in [1.82, 2.24) is 15.3 Å². The summed E-state index contributed by atoms with van der Waals surface area (Å²) in [4.78, 5) is 18.5. The predicted octanol–water partition coefficient (Wildman–Crippen LogP) is 3.76. The van der Waals surface area contributed by atoms with Crippen LogP contribution >= 0.6 is 11.6 Å². The van der Waals surface area contributed by atoms with Gasteiger partial charge in [-0.05, 0) is 30.3 Å². The highest BCUT2D eigenvalue weighted by Gasteiger charge is 2.07. The summed E-state index contributed by atoms with van der Waals surface area (Å²) >= 11 is 5.93. The van der Waals surface area contributed by atoms with E-state index in [0.717, 1.165) is 11.0 Å². The first-order valence-electron chi connectivity index (χ1n) is 6.56. The van der Waals surface area contributed by atoms with Crippen LogP contribution in [-0.2, 0) is 0 Å². The molecular weight excluding hydrogens is 304 g/mol. The van der Waals surface area contributed by atoms with Gasteiger partial charge < -0.3 is 15.0 Å². The fraction of sp³-hybridized carbons (Fsp3) is 0.0667. The van der Waals surface area contributed by atoms with E-state index in [1.165, 1.54) is 7.05 Å². The second-order valence-corrected chi connectivity index (χ2v) is 4.96. The number of nitrogens with zero attached hydrogens (tertiary/aromatic N) is 1. The Labute approximate surface area is 131 Å². The highest BCUT2D eigenvalue weighted by atomic mass is 35.5. The highest BCUT2D eigenvalue weighted by Crippen LogP contribution is 2.27. The summed E-state index contributed by atoms with van der Waals surface area (Å²) in [6.45, 7) is 0. The largest absolute Gasteiger partial charge is 0.457 e. The van der Waals surface area contributed by atoms with Crippen molar-refractivity contribution < 1.29 is 9.53 Å². The molecular formula is C15H13ClN4O2. The minimum Gasteiger partial charge on any atom is -0.457 e. The van der Waals surface area contributed by atoms with Gasteiger partial charge in [-0.2, -0.15) is 0 Å². The Hall–Kier alpha value is -2.73. The van der Waals surface area contributed by atoms with Gasteiger partial charge in [-0.25, -0.2) is 9.78 Å². The van der Waals surface area contributed by atoms with Crippen molar-refractivity contribution in [3.05, 3.63) is 47.5 Å². The molecule has 0 radical (unpaired) electrons. The van der Waals surface area contributed by atoms with Crippen LogP contribution in [-0.4, -0.2) is 23.0 Å². The van der Waals surface area contributed by atoms with Gasteiger partial charge in [-0.3, -0.25) is 5.32 Å². The lowest BCUT2D eigenvalue weighted by atomic mass is 10.3. The summed E-state index contributed by atoms with van der Waals surface area (Å²) in [5.74, 6) is 1.66. The summed E-state index contributed by atoms with van der Waals surface area (Å²) in [5, 5.41) is 5.65. The molecule has 7 heteroatoms. The number of hydrogen-bond donors (Lipinski definition) is 3. The summed E-state index contributed by atoms with van der Waals surface area (Å²) < 4.78 is 5.75. The number of urea groups is 1. The summed E-state index contributed by atoms with van der Waals surface area (Å²) in [6.07, 6.45) is 0. The molecule has 0 spiro atoms. The molecule has 3 N–H and O–H groups in total. The van der Waals surface area contributed by atoms with E-state index in [1.807, 2.05) is 12.1 Å². The monoisotopic (exact) mass is 316 g/mol. The van der Waals surface area contributed by atoms with Crippen molar-refractivity contribution in [3.63, 3.8) is 0 Å². The minimum atomic E-state index is -0.338. The first kappa shape index (κ1) is 14.2. The SMILES string of the molecule is CNC(=O)Nc1nc2ccc(Oc3cccc(Cl)c3)cc2[nH]1. The first-order chi connectivity index (χ1) is 10.6. The Kier molecular flexibility index (Phi) is 3.84. The molecule has 112 valence electrons. The molecule has 0 aliphatic rings. The number of carbonyl (C=O) groups is 1. The Morgan fingerprint density at radius 3 is 2.82 bits per heavy atom. The number of aromatic amines is 1. The highest BCUT2D eigenvalue weighted by molar-refractivity contribution is 6.30. The molecule has 0 aliphatic heterocycles. The minimum absolute atomic E-state index is 0.338. The Morgan fingerprint density at radius 2 is 2.05 bits per heavy atom. The van der Waals surface area contributed by atoms with E-state index in [4.69, 9.17) is 16.3 Å². The van der Waals surface area contributed by atoms with Gasteiger partial charge in [-0.1, -0.05) is 17.7 Å². The van der Waals surface area contributed by atoms with Crippen LogP contribution in [0.2, 0.25) is 5.02 Å². The lowest BCUT2D eigenvalue weighted by Gasteiger charge is -2.05. The lowest BCUT2D eigenvalue weighted by molar-refractivity contribution is 0.254. The predicted molar refractivity (Wildman–Crippen MR) is 85.7 cm³/mol. The standard InChI is InChI=1S/C15H13ClN4O2/c1-17-15(21)20-14-18-12-6-5-11(8-13(12)19-14)22-10-4-2-3-9(16)7-10/h2-8H,1H3,(H3,17,18,19,20,21). The molecule has 22 heavy (non-hydrogen) atoms. The van der Waals surface area contributed by atoms with E-state index < -0.39 is 0 Å². The maximum absolute atomic E-state index is 11.3. The Morgan fingerprint density at radius 1 is 1.23 bits per heavy atom. The zero-order valence-corrected chi connectivity index (χ0v) is 12.4. The van der Waals surface area contributed by atoms with Gasteiger partial charge in [0.1, 0.15) is 11.5 Å². The van der Waals surface area contributed by atoms with Gasteiger partial charge in [0.2, 0.25) is 5.95 Å². The molecule has 0 aliphatic carbocycles. The van der Waals surface area contributed by atoms with Crippen LogP contribution < -0.4 is 15.4 Å². The fourth-order valence-corrected chi connectivity index (χ4v) is 2.13. The molecule has 0 bridgehead atoms. The number of aromatic nitrogens is 2. The quantitative estimate of drug-likeness (QED) is 0.688. The average molecular weight is 317 g/mol. The van der Waals surface area contributed by atoms with Gasteiger partial charge in [0, 0.05) is 18.1 Å². The third-order valence-corrected chi connectivity index (χ3v) is 3.18. The van der Waals surface area contributed by atoms with Crippen molar-refractivity contribution in [3.8, 4) is 11.5 Å². The fourth-order valence-electron chi connectivity index (χ4n) is 1.95. The average Bonchev–Trinajstić information content (AvgIpc) is 2.88. The van der Waals surface area contributed by atoms with E-state index in [-0.39, 0.29) is 6.03 Å². The molecule has 0 saturated heterocycles. The van der Waals surface area contributed by atoms with E-state index in [2.05, 4.69) is 20.6 Å². The van der Waals surface area contributed by atoms with Crippen LogP contribution in [0.1, 0.15) is 0 Å². The van der Waals surface area contributed by atoms with Gasteiger partial charge in [0.25, 0.3) is 0 Å². The molecule has 2 amide bonds. The van der Waals surface area contributed by atoms with Gasteiger partial charge in [0.15, 0.2) is 0 Å². The number of imidazole rings is 1. The number of fused-ring (bicyclic) bond motifs is 1. The number of halogens is 1. The number of H-pyrrole nitrogens is 1. The number of carbonyl (C=O) groups excluding carboxylic acids is 1.